The average Bonchev–Trinajstić information content (AvgIpc) is 2.60. The van der Waals surface area contributed by atoms with Crippen molar-refractivity contribution in [2.24, 2.45) is 5.73 Å². The molecule has 0 unspecified atom stereocenters. The summed E-state index contributed by atoms with van der Waals surface area (Å²) in [5.41, 5.74) is 7.14. The number of primary amides is 1. The lowest BCUT2D eigenvalue weighted by atomic mass is 10.1. The van der Waals surface area contributed by atoms with Crippen LogP contribution in [0.3, 0.4) is 0 Å². The van der Waals surface area contributed by atoms with Crippen LogP contribution in [0.4, 0.5) is 0 Å². The highest BCUT2D eigenvalue weighted by atomic mass is 16.5. The van der Waals surface area contributed by atoms with E-state index in [9.17, 15) is 9.59 Å². The summed E-state index contributed by atoms with van der Waals surface area (Å²) in [5.74, 6) is -0.531. The van der Waals surface area contributed by atoms with Gasteiger partial charge in [0, 0.05) is 47.9 Å². The molecule has 1 amide bonds. The van der Waals surface area contributed by atoms with Gasteiger partial charge in [-0.1, -0.05) is 6.92 Å². The highest BCUT2D eigenvalue weighted by Gasteiger charge is 2.20. The summed E-state index contributed by atoms with van der Waals surface area (Å²) < 4.78 is 5.87. The number of ether oxygens (including phenoxy) is 1. The van der Waals surface area contributed by atoms with E-state index in [1.54, 1.807) is 24.3 Å². The first-order valence-electron chi connectivity index (χ1n) is 8.86. The third kappa shape index (κ3) is 4.27. The van der Waals surface area contributed by atoms with Crippen LogP contribution in [0.15, 0.2) is 29.1 Å². The van der Waals surface area contributed by atoms with E-state index >= 15 is 0 Å². The van der Waals surface area contributed by atoms with E-state index in [0.29, 0.717) is 17.5 Å². The number of hydrogen-bond donors (Lipinski definition) is 2. The number of benzene rings is 1. The number of aromatic amines is 1. The number of H-pyrrole nitrogens is 1. The minimum absolute atomic E-state index is 0.0948. The molecule has 1 aliphatic rings. The molecule has 3 rings (SSSR count). The van der Waals surface area contributed by atoms with Crippen LogP contribution in [0, 0.1) is 0 Å². The normalized spacial score (nSPS) is 18.5. The van der Waals surface area contributed by atoms with Crippen molar-refractivity contribution in [1.82, 2.24) is 9.88 Å². The van der Waals surface area contributed by atoms with Crippen LogP contribution in [-0.2, 0) is 11.3 Å². The molecular formula is C19H25N3O3. The summed E-state index contributed by atoms with van der Waals surface area (Å²) in [6.07, 6.45) is 3.51. The minimum atomic E-state index is -0.531. The maximum Gasteiger partial charge on any atom is 0.248 e. The maximum absolute atomic E-state index is 12.4. The molecule has 0 bridgehead atoms. The van der Waals surface area contributed by atoms with Crippen LogP contribution >= 0.6 is 0 Å². The van der Waals surface area contributed by atoms with Gasteiger partial charge in [-0.15, -0.1) is 0 Å². The molecule has 1 saturated heterocycles. The second-order valence-corrected chi connectivity index (χ2v) is 6.65. The van der Waals surface area contributed by atoms with Crippen LogP contribution < -0.4 is 11.2 Å². The molecular weight excluding hydrogens is 318 g/mol. The zero-order valence-corrected chi connectivity index (χ0v) is 14.6. The fourth-order valence-corrected chi connectivity index (χ4v) is 3.36. The number of nitrogens with zero attached hydrogens (tertiary/aromatic N) is 1. The van der Waals surface area contributed by atoms with Crippen molar-refractivity contribution in [3.63, 3.8) is 0 Å². The lowest BCUT2D eigenvalue weighted by Crippen LogP contribution is -2.39. The molecule has 2 heterocycles. The zero-order valence-electron chi connectivity index (χ0n) is 14.6. The molecule has 0 aliphatic carbocycles. The molecule has 134 valence electrons. The minimum Gasteiger partial charge on any atom is -0.377 e. The Kier molecular flexibility index (Phi) is 5.50. The number of fused-ring (bicyclic) bond motifs is 1. The molecule has 1 fully saturated rings. The molecule has 1 aromatic heterocycles. The van der Waals surface area contributed by atoms with Crippen molar-refractivity contribution in [1.29, 1.82) is 0 Å². The molecule has 1 atom stereocenters. The summed E-state index contributed by atoms with van der Waals surface area (Å²) >= 11 is 0. The van der Waals surface area contributed by atoms with Gasteiger partial charge in [0.15, 0.2) is 5.43 Å². The number of carbonyl (C=O) groups is 1. The Bertz CT molecular complexity index is 815. The summed E-state index contributed by atoms with van der Waals surface area (Å²) in [4.78, 5) is 29.3. The first-order chi connectivity index (χ1) is 12.1. The number of hydrogen-bond acceptors (Lipinski definition) is 4. The van der Waals surface area contributed by atoms with Gasteiger partial charge >= 0.3 is 0 Å². The maximum atomic E-state index is 12.4. The van der Waals surface area contributed by atoms with Crippen molar-refractivity contribution in [3.8, 4) is 0 Å². The number of rotatable bonds is 6. The topological polar surface area (TPSA) is 88.4 Å². The van der Waals surface area contributed by atoms with Crippen molar-refractivity contribution in [2.45, 2.75) is 38.8 Å². The fraction of sp³-hybridized carbons (Fsp3) is 0.474. The van der Waals surface area contributed by atoms with Gasteiger partial charge in [0.05, 0.1) is 6.10 Å². The van der Waals surface area contributed by atoms with E-state index in [2.05, 4.69) is 16.8 Å². The van der Waals surface area contributed by atoms with Crippen LogP contribution in [0.2, 0.25) is 0 Å². The SMILES string of the molecule is CCCO[C@@H]1CCCN(Cc2cc(=O)c3cc(C(N)=O)ccc3[nH]2)C1. The zero-order chi connectivity index (χ0) is 17.8. The predicted molar refractivity (Wildman–Crippen MR) is 97.6 cm³/mol. The fourth-order valence-electron chi connectivity index (χ4n) is 3.36. The third-order valence-electron chi connectivity index (χ3n) is 4.58. The van der Waals surface area contributed by atoms with Gasteiger partial charge in [-0.05, 0) is 44.0 Å². The molecule has 6 nitrogen and oxygen atoms in total. The Labute approximate surface area is 147 Å². The molecule has 25 heavy (non-hydrogen) atoms. The van der Waals surface area contributed by atoms with Gasteiger partial charge in [-0.25, -0.2) is 0 Å². The number of nitrogens with two attached hydrogens (primary N) is 1. The summed E-state index contributed by atoms with van der Waals surface area (Å²) in [5, 5.41) is 0.489. The second-order valence-electron chi connectivity index (χ2n) is 6.65. The Balaban J connectivity index is 1.76. The number of amides is 1. The number of carbonyl (C=O) groups excluding carboxylic acids is 1. The number of likely N-dealkylation sites (tertiary alicyclic amines) is 1. The van der Waals surface area contributed by atoms with E-state index in [1.165, 1.54) is 0 Å². The van der Waals surface area contributed by atoms with Crippen molar-refractivity contribution in [3.05, 3.63) is 45.7 Å². The van der Waals surface area contributed by atoms with E-state index in [0.717, 1.165) is 50.2 Å². The Morgan fingerprint density at radius 1 is 1.40 bits per heavy atom. The molecule has 3 N–H and O–H groups in total. The Hall–Kier alpha value is -2.18. The van der Waals surface area contributed by atoms with Crippen LogP contribution in [0.5, 0.6) is 0 Å². The average molecular weight is 343 g/mol. The molecule has 1 aliphatic heterocycles. The Morgan fingerprint density at radius 2 is 2.24 bits per heavy atom. The Morgan fingerprint density at radius 3 is 3.00 bits per heavy atom. The summed E-state index contributed by atoms with van der Waals surface area (Å²) in [7, 11) is 0. The number of nitrogens with one attached hydrogen (secondary N) is 1. The summed E-state index contributed by atoms with van der Waals surface area (Å²) in [6, 6.07) is 6.54. The molecule has 2 aromatic rings. The van der Waals surface area contributed by atoms with Gasteiger partial charge in [-0.2, -0.15) is 0 Å². The van der Waals surface area contributed by atoms with Gasteiger partial charge < -0.3 is 15.5 Å². The standard InChI is InChI=1S/C19H25N3O3/c1-2-8-25-15-4-3-7-22(12-15)11-14-10-18(23)16-9-13(19(20)24)5-6-17(16)21-14/h5-6,9-10,15H,2-4,7-8,11-12H2,1H3,(H2,20,24)(H,21,23)/t15-/m1/s1. The van der Waals surface area contributed by atoms with Gasteiger partial charge in [0.25, 0.3) is 0 Å². The van der Waals surface area contributed by atoms with E-state index in [-0.39, 0.29) is 11.5 Å². The first-order valence-corrected chi connectivity index (χ1v) is 8.86. The largest absolute Gasteiger partial charge is 0.377 e. The lowest BCUT2D eigenvalue weighted by molar-refractivity contribution is -0.00250. The molecule has 6 heteroatoms. The van der Waals surface area contributed by atoms with Crippen LogP contribution in [0.1, 0.15) is 42.2 Å². The molecule has 0 spiro atoms. The summed E-state index contributed by atoms with van der Waals surface area (Å²) in [6.45, 7) is 5.50. The molecule has 1 aromatic carbocycles. The van der Waals surface area contributed by atoms with Gasteiger partial charge in [0.2, 0.25) is 5.91 Å². The van der Waals surface area contributed by atoms with Crippen LogP contribution in [0.25, 0.3) is 10.9 Å². The van der Waals surface area contributed by atoms with Crippen molar-refractivity contribution >= 4 is 16.8 Å². The highest BCUT2D eigenvalue weighted by molar-refractivity contribution is 5.96. The molecule has 0 radical (unpaired) electrons. The number of aromatic nitrogens is 1. The first kappa shape index (κ1) is 17.6. The van der Waals surface area contributed by atoms with Crippen molar-refractivity contribution < 1.29 is 9.53 Å². The van der Waals surface area contributed by atoms with E-state index in [1.807, 2.05) is 0 Å². The lowest BCUT2D eigenvalue weighted by Gasteiger charge is -2.32. The third-order valence-corrected chi connectivity index (χ3v) is 4.58. The molecule has 0 saturated carbocycles. The van der Waals surface area contributed by atoms with Crippen LogP contribution in [-0.4, -0.2) is 41.6 Å². The number of pyridine rings is 1. The second kappa shape index (κ2) is 7.80. The highest BCUT2D eigenvalue weighted by Crippen LogP contribution is 2.17. The van der Waals surface area contributed by atoms with Gasteiger partial charge in [0.1, 0.15) is 0 Å². The smallest absolute Gasteiger partial charge is 0.248 e. The monoisotopic (exact) mass is 343 g/mol. The van der Waals surface area contributed by atoms with E-state index < -0.39 is 5.91 Å². The van der Waals surface area contributed by atoms with Gasteiger partial charge in [-0.3, -0.25) is 14.5 Å². The van der Waals surface area contributed by atoms with E-state index in [4.69, 9.17) is 10.5 Å². The quantitative estimate of drug-likeness (QED) is 0.840. The van der Waals surface area contributed by atoms with Crippen molar-refractivity contribution in [2.75, 3.05) is 19.7 Å². The number of piperidine rings is 1. The predicted octanol–water partition coefficient (Wildman–Crippen LogP) is 2.02.